The molecule has 118 valence electrons. The van der Waals surface area contributed by atoms with Crippen molar-refractivity contribution < 1.29 is 19.4 Å². The van der Waals surface area contributed by atoms with E-state index in [4.69, 9.17) is 9.47 Å². The lowest BCUT2D eigenvalue weighted by atomic mass is 9.92. The minimum Gasteiger partial charge on any atom is -0.444 e. The second-order valence-electron chi connectivity index (χ2n) is 6.57. The molecule has 1 aliphatic carbocycles. The summed E-state index contributed by atoms with van der Waals surface area (Å²) in [6.45, 7) is 8.97. The lowest BCUT2D eigenvalue weighted by Gasteiger charge is -2.32. The smallest absolute Gasteiger partial charge is 0.407 e. The SMILES string of the molecule is CCC(CCNC(=O)OC(C)(C)C)COC1CC(O)C1. The monoisotopic (exact) mass is 287 g/mol. The Balaban J connectivity index is 2.10. The molecule has 0 aliphatic heterocycles. The molecule has 1 saturated carbocycles. The number of ether oxygens (including phenoxy) is 2. The first-order chi connectivity index (χ1) is 9.30. The lowest BCUT2D eigenvalue weighted by Crippen LogP contribution is -2.37. The first kappa shape index (κ1) is 17.2. The minimum absolute atomic E-state index is 0.172. The van der Waals surface area contributed by atoms with Crippen LogP contribution in [0, 0.1) is 5.92 Å². The second-order valence-corrected chi connectivity index (χ2v) is 6.57. The Morgan fingerprint density at radius 2 is 2.05 bits per heavy atom. The van der Waals surface area contributed by atoms with Crippen molar-refractivity contribution >= 4 is 6.09 Å². The number of amides is 1. The highest BCUT2D eigenvalue weighted by molar-refractivity contribution is 5.67. The van der Waals surface area contributed by atoms with Crippen molar-refractivity contribution in [1.29, 1.82) is 0 Å². The molecule has 0 saturated heterocycles. The molecule has 0 spiro atoms. The maximum absolute atomic E-state index is 11.5. The van der Waals surface area contributed by atoms with Crippen LogP contribution in [0.2, 0.25) is 0 Å². The van der Waals surface area contributed by atoms with Gasteiger partial charge in [-0.15, -0.1) is 0 Å². The van der Waals surface area contributed by atoms with E-state index in [1.807, 2.05) is 20.8 Å². The van der Waals surface area contributed by atoms with E-state index in [1.54, 1.807) is 0 Å². The molecule has 0 aromatic rings. The highest BCUT2D eigenvalue weighted by Gasteiger charge is 2.28. The van der Waals surface area contributed by atoms with Gasteiger partial charge in [-0.25, -0.2) is 4.79 Å². The van der Waals surface area contributed by atoms with Gasteiger partial charge in [0.15, 0.2) is 0 Å². The van der Waals surface area contributed by atoms with Crippen molar-refractivity contribution in [3.05, 3.63) is 0 Å². The van der Waals surface area contributed by atoms with E-state index in [0.29, 0.717) is 19.1 Å². The first-order valence-electron chi connectivity index (χ1n) is 7.56. The van der Waals surface area contributed by atoms with E-state index in [-0.39, 0.29) is 18.3 Å². The van der Waals surface area contributed by atoms with Gasteiger partial charge in [0.25, 0.3) is 0 Å². The Labute approximate surface area is 122 Å². The van der Waals surface area contributed by atoms with Gasteiger partial charge in [-0.3, -0.25) is 0 Å². The summed E-state index contributed by atoms with van der Waals surface area (Å²) in [5, 5.41) is 12.0. The average Bonchev–Trinajstić information content (AvgIpc) is 2.28. The van der Waals surface area contributed by atoms with Gasteiger partial charge in [0.2, 0.25) is 0 Å². The molecule has 1 amide bonds. The summed E-state index contributed by atoms with van der Waals surface area (Å²) in [6.07, 6.45) is 3.09. The number of rotatable bonds is 7. The van der Waals surface area contributed by atoms with E-state index in [1.165, 1.54) is 0 Å². The first-order valence-corrected chi connectivity index (χ1v) is 7.56. The molecule has 1 unspecified atom stereocenters. The highest BCUT2D eigenvalue weighted by Crippen LogP contribution is 2.24. The Morgan fingerprint density at radius 1 is 1.40 bits per heavy atom. The van der Waals surface area contributed by atoms with Crippen molar-refractivity contribution in [3.8, 4) is 0 Å². The van der Waals surface area contributed by atoms with Gasteiger partial charge in [-0.2, -0.15) is 0 Å². The molecule has 1 rings (SSSR count). The number of alkyl carbamates (subject to hydrolysis) is 1. The fraction of sp³-hybridized carbons (Fsp3) is 0.933. The van der Waals surface area contributed by atoms with Crippen LogP contribution in [0.25, 0.3) is 0 Å². The molecule has 5 heteroatoms. The number of aliphatic hydroxyl groups is 1. The summed E-state index contributed by atoms with van der Waals surface area (Å²) in [7, 11) is 0. The van der Waals surface area contributed by atoms with Gasteiger partial charge in [-0.1, -0.05) is 13.3 Å². The fourth-order valence-electron chi connectivity index (χ4n) is 2.04. The molecular formula is C15H29NO4. The zero-order valence-corrected chi connectivity index (χ0v) is 13.1. The van der Waals surface area contributed by atoms with Gasteiger partial charge in [-0.05, 0) is 46.0 Å². The van der Waals surface area contributed by atoms with E-state index in [2.05, 4.69) is 12.2 Å². The molecule has 0 heterocycles. The summed E-state index contributed by atoms with van der Waals surface area (Å²) in [5.74, 6) is 0.433. The zero-order valence-electron chi connectivity index (χ0n) is 13.1. The number of carbonyl (C=O) groups is 1. The van der Waals surface area contributed by atoms with Crippen LogP contribution in [0.5, 0.6) is 0 Å². The molecule has 0 aromatic heterocycles. The third-order valence-corrected chi connectivity index (χ3v) is 3.44. The van der Waals surface area contributed by atoms with Crippen LogP contribution in [0.15, 0.2) is 0 Å². The number of nitrogens with one attached hydrogen (secondary N) is 1. The Kier molecular flexibility index (Phi) is 6.76. The molecule has 0 bridgehead atoms. The van der Waals surface area contributed by atoms with Crippen molar-refractivity contribution in [2.24, 2.45) is 5.92 Å². The molecule has 5 nitrogen and oxygen atoms in total. The van der Waals surface area contributed by atoms with Gasteiger partial charge >= 0.3 is 6.09 Å². The van der Waals surface area contributed by atoms with Gasteiger partial charge < -0.3 is 19.9 Å². The van der Waals surface area contributed by atoms with Gasteiger partial charge in [0.05, 0.1) is 12.2 Å². The van der Waals surface area contributed by atoms with Crippen molar-refractivity contribution in [2.75, 3.05) is 13.2 Å². The maximum Gasteiger partial charge on any atom is 0.407 e. The summed E-state index contributed by atoms with van der Waals surface area (Å²) >= 11 is 0. The summed E-state index contributed by atoms with van der Waals surface area (Å²) < 4.78 is 10.9. The van der Waals surface area contributed by atoms with E-state index in [9.17, 15) is 9.90 Å². The van der Waals surface area contributed by atoms with Gasteiger partial charge in [0.1, 0.15) is 5.60 Å². The van der Waals surface area contributed by atoms with Gasteiger partial charge in [0, 0.05) is 13.2 Å². The molecule has 0 radical (unpaired) electrons. The van der Waals surface area contributed by atoms with Crippen LogP contribution in [0.1, 0.15) is 53.4 Å². The third-order valence-electron chi connectivity index (χ3n) is 3.44. The number of hydrogen-bond donors (Lipinski definition) is 2. The predicted octanol–water partition coefficient (Wildman–Crippen LogP) is 2.47. The Morgan fingerprint density at radius 3 is 2.55 bits per heavy atom. The maximum atomic E-state index is 11.5. The third kappa shape index (κ3) is 7.10. The van der Waals surface area contributed by atoms with Crippen LogP contribution in [0.3, 0.4) is 0 Å². The van der Waals surface area contributed by atoms with Crippen molar-refractivity contribution in [3.63, 3.8) is 0 Å². The van der Waals surface area contributed by atoms with Crippen LogP contribution in [-0.2, 0) is 9.47 Å². The number of hydrogen-bond acceptors (Lipinski definition) is 4. The Bertz CT molecular complexity index is 295. The predicted molar refractivity (Wildman–Crippen MR) is 77.6 cm³/mol. The standard InChI is InChI=1S/C15H29NO4/c1-5-11(10-19-13-8-12(17)9-13)6-7-16-14(18)20-15(2,3)4/h11-13,17H,5-10H2,1-4H3,(H,16,18). The van der Waals surface area contributed by atoms with E-state index < -0.39 is 5.60 Å². The lowest BCUT2D eigenvalue weighted by molar-refractivity contribution is -0.0809. The Hall–Kier alpha value is -0.810. The average molecular weight is 287 g/mol. The van der Waals surface area contributed by atoms with Crippen LogP contribution >= 0.6 is 0 Å². The number of aliphatic hydroxyl groups excluding tert-OH is 1. The molecule has 2 N–H and O–H groups in total. The minimum atomic E-state index is -0.456. The van der Waals surface area contributed by atoms with Crippen LogP contribution < -0.4 is 5.32 Å². The molecule has 1 atom stereocenters. The van der Waals surface area contributed by atoms with Crippen molar-refractivity contribution in [2.45, 2.75) is 71.2 Å². The summed E-state index contributed by atoms with van der Waals surface area (Å²) in [4.78, 5) is 11.5. The topological polar surface area (TPSA) is 67.8 Å². The molecule has 1 fully saturated rings. The molecular weight excluding hydrogens is 258 g/mol. The van der Waals surface area contributed by atoms with Crippen molar-refractivity contribution in [1.82, 2.24) is 5.32 Å². The summed E-state index contributed by atoms with van der Waals surface area (Å²) in [6, 6.07) is 0. The molecule has 20 heavy (non-hydrogen) atoms. The largest absolute Gasteiger partial charge is 0.444 e. The fourth-order valence-corrected chi connectivity index (χ4v) is 2.04. The molecule has 1 aliphatic rings. The van der Waals surface area contributed by atoms with E-state index in [0.717, 1.165) is 25.7 Å². The second kappa shape index (κ2) is 7.84. The van der Waals surface area contributed by atoms with Crippen LogP contribution in [-0.4, -0.2) is 42.2 Å². The quantitative estimate of drug-likeness (QED) is 0.755. The number of carbonyl (C=O) groups excluding carboxylic acids is 1. The molecule has 0 aromatic carbocycles. The normalized spacial score (nSPS) is 23.9. The zero-order chi connectivity index (χ0) is 15.2. The summed E-state index contributed by atoms with van der Waals surface area (Å²) in [5.41, 5.74) is -0.456. The highest BCUT2D eigenvalue weighted by atomic mass is 16.6. The van der Waals surface area contributed by atoms with Crippen LogP contribution in [0.4, 0.5) is 4.79 Å². The van der Waals surface area contributed by atoms with E-state index >= 15 is 0 Å².